The van der Waals surface area contributed by atoms with E-state index in [0.717, 1.165) is 5.56 Å². The van der Waals surface area contributed by atoms with E-state index in [9.17, 15) is 0 Å². The molecule has 0 aliphatic rings. The first-order chi connectivity index (χ1) is 5.16. The van der Waals surface area contributed by atoms with Crippen LogP contribution in [0.5, 0.6) is 0 Å². The van der Waals surface area contributed by atoms with Crippen LogP contribution in [-0.2, 0) is 6.61 Å². The molecule has 0 heterocycles. The lowest BCUT2D eigenvalue weighted by atomic mass is 10.1. The summed E-state index contributed by atoms with van der Waals surface area (Å²) in [6.45, 7) is 1.82. The molecule has 0 saturated carbocycles. The number of hydrogen-bond donors (Lipinski definition) is 3. The normalized spacial score (nSPS) is 10.0. The highest BCUT2D eigenvalue weighted by Crippen LogP contribution is 2.23. The molecule has 0 unspecified atom stereocenters. The lowest BCUT2D eigenvalue weighted by Crippen LogP contribution is -2.01. The fraction of sp³-hybridized carbons (Fsp3) is 0.250. The van der Waals surface area contributed by atoms with Gasteiger partial charge in [0.15, 0.2) is 0 Å². The van der Waals surface area contributed by atoms with Crippen LogP contribution in [-0.4, -0.2) is 5.11 Å². The highest BCUT2D eigenvalue weighted by molar-refractivity contribution is 5.70. The maximum Gasteiger partial charge on any atom is 0.0702 e. The Labute approximate surface area is 65.6 Å². The first-order valence-corrected chi connectivity index (χ1v) is 3.41. The number of aliphatic hydroxyl groups excluding tert-OH is 1. The van der Waals surface area contributed by atoms with Crippen LogP contribution in [0.15, 0.2) is 12.1 Å². The molecule has 0 atom stereocenters. The number of hydrogen-bond acceptors (Lipinski definition) is 3. The summed E-state index contributed by atoms with van der Waals surface area (Å²) in [6.07, 6.45) is 0. The average molecular weight is 152 g/mol. The number of anilines is 2. The molecule has 0 fully saturated rings. The average Bonchev–Trinajstić information content (AvgIpc) is 2.01. The molecule has 3 nitrogen and oxygen atoms in total. The third kappa shape index (κ3) is 1.28. The predicted octanol–water partition coefficient (Wildman–Crippen LogP) is 0.652. The van der Waals surface area contributed by atoms with E-state index in [2.05, 4.69) is 0 Å². The molecule has 60 valence electrons. The Kier molecular flexibility index (Phi) is 2.01. The third-order valence-corrected chi connectivity index (χ3v) is 1.77. The lowest BCUT2D eigenvalue weighted by molar-refractivity contribution is 0.282. The molecule has 0 radical (unpaired) electrons. The highest BCUT2D eigenvalue weighted by atomic mass is 16.3. The van der Waals surface area contributed by atoms with Crippen molar-refractivity contribution in [3.05, 3.63) is 23.3 Å². The largest absolute Gasteiger partial charge is 0.397 e. The van der Waals surface area contributed by atoms with Crippen molar-refractivity contribution >= 4 is 11.4 Å². The number of aryl methyl sites for hydroxylation is 1. The van der Waals surface area contributed by atoms with Gasteiger partial charge in [0.25, 0.3) is 0 Å². The number of benzene rings is 1. The smallest absolute Gasteiger partial charge is 0.0702 e. The van der Waals surface area contributed by atoms with Crippen molar-refractivity contribution in [2.24, 2.45) is 0 Å². The zero-order chi connectivity index (χ0) is 8.43. The fourth-order valence-electron chi connectivity index (χ4n) is 0.928. The van der Waals surface area contributed by atoms with E-state index in [1.165, 1.54) is 0 Å². The van der Waals surface area contributed by atoms with Crippen LogP contribution in [0.4, 0.5) is 11.4 Å². The van der Waals surface area contributed by atoms with E-state index < -0.39 is 0 Å². The Balaban J connectivity index is 3.25. The maximum absolute atomic E-state index is 8.80. The molecule has 0 spiro atoms. The van der Waals surface area contributed by atoms with Gasteiger partial charge in [-0.3, -0.25) is 0 Å². The molecule has 0 aliphatic heterocycles. The topological polar surface area (TPSA) is 72.3 Å². The van der Waals surface area contributed by atoms with Crippen molar-refractivity contribution < 1.29 is 5.11 Å². The number of aliphatic hydroxyl groups is 1. The standard InChI is InChI=1S/C8H12N2O/c1-5-2-3-6(4-11)8(10)7(5)9/h2-3,11H,4,9-10H2,1H3. The minimum absolute atomic E-state index is 0.0592. The van der Waals surface area contributed by atoms with E-state index in [1.807, 2.05) is 13.0 Å². The summed E-state index contributed by atoms with van der Waals surface area (Å²) < 4.78 is 0. The van der Waals surface area contributed by atoms with Gasteiger partial charge in [0.1, 0.15) is 0 Å². The molecule has 1 aromatic carbocycles. The van der Waals surface area contributed by atoms with Crippen molar-refractivity contribution in [2.45, 2.75) is 13.5 Å². The van der Waals surface area contributed by atoms with Crippen LogP contribution in [0, 0.1) is 6.92 Å². The molecule has 0 bridgehead atoms. The first-order valence-electron chi connectivity index (χ1n) is 3.41. The maximum atomic E-state index is 8.80. The summed E-state index contributed by atoms with van der Waals surface area (Å²) in [5, 5.41) is 8.80. The summed E-state index contributed by atoms with van der Waals surface area (Å²) in [7, 11) is 0. The van der Waals surface area contributed by atoms with Crippen LogP contribution < -0.4 is 11.5 Å². The van der Waals surface area contributed by atoms with Crippen LogP contribution in [0.1, 0.15) is 11.1 Å². The van der Waals surface area contributed by atoms with E-state index >= 15 is 0 Å². The molecule has 5 N–H and O–H groups in total. The van der Waals surface area contributed by atoms with Crippen molar-refractivity contribution in [2.75, 3.05) is 11.5 Å². The number of nitrogen functional groups attached to an aromatic ring is 2. The molecule has 3 heteroatoms. The van der Waals surface area contributed by atoms with Gasteiger partial charge in [0, 0.05) is 5.56 Å². The molecule has 11 heavy (non-hydrogen) atoms. The van der Waals surface area contributed by atoms with Gasteiger partial charge in [-0.15, -0.1) is 0 Å². The Hall–Kier alpha value is -1.22. The van der Waals surface area contributed by atoms with E-state index in [1.54, 1.807) is 6.07 Å². The van der Waals surface area contributed by atoms with Crippen molar-refractivity contribution in [3.63, 3.8) is 0 Å². The van der Waals surface area contributed by atoms with Crippen molar-refractivity contribution in [1.82, 2.24) is 0 Å². The van der Waals surface area contributed by atoms with Gasteiger partial charge < -0.3 is 16.6 Å². The monoisotopic (exact) mass is 152 g/mol. The summed E-state index contributed by atoms with van der Waals surface area (Å²) in [5.74, 6) is 0. The number of rotatable bonds is 1. The Morgan fingerprint density at radius 3 is 2.45 bits per heavy atom. The minimum Gasteiger partial charge on any atom is -0.397 e. The summed E-state index contributed by atoms with van der Waals surface area (Å²) >= 11 is 0. The molecule has 1 rings (SSSR count). The highest BCUT2D eigenvalue weighted by Gasteiger charge is 2.02. The van der Waals surface area contributed by atoms with Gasteiger partial charge in [0.2, 0.25) is 0 Å². The van der Waals surface area contributed by atoms with Crippen LogP contribution in [0.25, 0.3) is 0 Å². The van der Waals surface area contributed by atoms with E-state index in [0.29, 0.717) is 16.9 Å². The minimum atomic E-state index is -0.0592. The Bertz CT molecular complexity index is 271. The summed E-state index contributed by atoms with van der Waals surface area (Å²) in [4.78, 5) is 0. The Morgan fingerprint density at radius 2 is 1.91 bits per heavy atom. The molecular formula is C8H12N2O. The van der Waals surface area contributed by atoms with Gasteiger partial charge in [-0.1, -0.05) is 12.1 Å². The zero-order valence-corrected chi connectivity index (χ0v) is 6.46. The van der Waals surface area contributed by atoms with E-state index in [-0.39, 0.29) is 6.61 Å². The lowest BCUT2D eigenvalue weighted by Gasteiger charge is -2.07. The zero-order valence-electron chi connectivity index (χ0n) is 6.46. The van der Waals surface area contributed by atoms with Crippen LogP contribution >= 0.6 is 0 Å². The van der Waals surface area contributed by atoms with Gasteiger partial charge in [-0.05, 0) is 12.5 Å². The van der Waals surface area contributed by atoms with Gasteiger partial charge >= 0.3 is 0 Å². The van der Waals surface area contributed by atoms with Crippen LogP contribution in [0.2, 0.25) is 0 Å². The van der Waals surface area contributed by atoms with Gasteiger partial charge in [-0.2, -0.15) is 0 Å². The van der Waals surface area contributed by atoms with Gasteiger partial charge in [0.05, 0.1) is 18.0 Å². The van der Waals surface area contributed by atoms with E-state index in [4.69, 9.17) is 16.6 Å². The molecular weight excluding hydrogens is 140 g/mol. The second-order valence-corrected chi connectivity index (χ2v) is 2.53. The number of nitrogens with two attached hydrogens (primary N) is 2. The molecule has 0 amide bonds. The predicted molar refractivity (Wildman–Crippen MR) is 45.9 cm³/mol. The van der Waals surface area contributed by atoms with Gasteiger partial charge in [-0.25, -0.2) is 0 Å². The molecule has 0 saturated heterocycles. The SMILES string of the molecule is Cc1ccc(CO)c(N)c1N. The summed E-state index contributed by atoms with van der Waals surface area (Å²) in [5.41, 5.74) is 13.9. The van der Waals surface area contributed by atoms with Crippen molar-refractivity contribution in [3.8, 4) is 0 Å². The second kappa shape index (κ2) is 2.80. The first kappa shape index (κ1) is 7.88. The summed E-state index contributed by atoms with van der Waals surface area (Å²) in [6, 6.07) is 3.62. The third-order valence-electron chi connectivity index (χ3n) is 1.77. The molecule has 0 aromatic heterocycles. The quantitative estimate of drug-likeness (QED) is 0.517. The molecule has 0 aliphatic carbocycles. The van der Waals surface area contributed by atoms with Crippen molar-refractivity contribution in [1.29, 1.82) is 0 Å². The Morgan fingerprint density at radius 1 is 1.27 bits per heavy atom. The molecule has 1 aromatic rings. The van der Waals surface area contributed by atoms with Crippen LogP contribution in [0.3, 0.4) is 0 Å². The fourth-order valence-corrected chi connectivity index (χ4v) is 0.928. The second-order valence-electron chi connectivity index (χ2n) is 2.53.